The van der Waals surface area contributed by atoms with Crippen LogP contribution in [0.4, 0.5) is 0 Å². The van der Waals surface area contributed by atoms with Gasteiger partial charge < -0.3 is 10.2 Å². The molecule has 1 fully saturated rings. The summed E-state index contributed by atoms with van der Waals surface area (Å²) in [5.74, 6) is 0. The summed E-state index contributed by atoms with van der Waals surface area (Å²) >= 11 is 0. The molecule has 0 saturated carbocycles. The molecule has 114 valence electrons. The van der Waals surface area contributed by atoms with Gasteiger partial charge in [-0.1, -0.05) is 19.9 Å². The molecule has 0 aromatic carbocycles. The normalized spacial score (nSPS) is 31.4. The Hall–Kier alpha value is -0.960. The number of likely N-dealkylation sites (tertiary alicyclic amines) is 1. The first-order chi connectivity index (χ1) is 9.14. The largest absolute Gasteiger partial charge is 0.389 e. The van der Waals surface area contributed by atoms with Crippen LogP contribution in [0.3, 0.4) is 0 Å². The van der Waals surface area contributed by atoms with E-state index in [4.69, 9.17) is 0 Å². The van der Waals surface area contributed by atoms with Gasteiger partial charge in [0.2, 0.25) is 0 Å². The van der Waals surface area contributed by atoms with E-state index < -0.39 is 0 Å². The lowest BCUT2D eigenvalue weighted by molar-refractivity contribution is -0.233. The SMILES string of the molecule is CC(C)NC1(C)N(C2=CNCCC=C2)C(C)(C)C1(C)C. The van der Waals surface area contributed by atoms with Crippen LogP contribution in [0, 0.1) is 5.41 Å². The van der Waals surface area contributed by atoms with Crippen LogP contribution in [-0.2, 0) is 0 Å². The Morgan fingerprint density at radius 2 is 1.85 bits per heavy atom. The fraction of sp³-hybridized carbons (Fsp3) is 0.765. The molecule has 0 radical (unpaired) electrons. The average molecular weight is 277 g/mol. The van der Waals surface area contributed by atoms with Crippen LogP contribution in [0.5, 0.6) is 0 Å². The lowest BCUT2D eigenvalue weighted by Crippen LogP contribution is -2.86. The fourth-order valence-corrected chi connectivity index (χ4v) is 3.78. The molecular weight excluding hydrogens is 246 g/mol. The molecule has 20 heavy (non-hydrogen) atoms. The van der Waals surface area contributed by atoms with Crippen LogP contribution in [0.15, 0.2) is 24.0 Å². The van der Waals surface area contributed by atoms with Crippen molar-refractivity contribution in [2.24, 2.45) is 5.41 Å². The maximum absolute atomic E-state index is 3.79. The van der Waals surface area contributed by atoms with Crippen molar-refractivity contribution in [3.63, 3.8) is 0 Å². The first-order valence-electron chi connectivity index (χ1n) is 7.83. The summed E-state index contributed by atoms with van der Waals surface area (Å²) in [4.78, 5) is 2.54. The van der Waals surface area contributed by atoms with Gasteiger partial charge in [0.15, 0.2) is 0 Å². The summed E-state index contributed by atoms with van der Waals surface area (Å²) in [6, 6.07) is 0.459. The minimum Gasteiger partial charge on any atom is -0.389 e. The van der Waals surface area contributed by atoms with E-state index in [-0.39, 0.29) is 16.6 Å². The summed E-state index contributed by atoms with van der Waals surface area (Å²) in [5, 5.41) is 7.20. The lowest BCUT2D eigenvalue weighted by atomic mass is 9.55. The topological polar surface area (TPSA) is 27.3 Å². The second-order valence-electron chi connectivity index (χ2n) is 7.61. The first kappa shape index (κ1) is 15.4. The van der Waals surface area contributed by atoms with Gasteiger partial charge in [0.05, 0.1) is 11.4 Å². The molecule has 0 aliphatic carbocycles. The van der Waals surface area contributed by atoms with Gasteiger partial charge in [0.25, 0.3) is 0 Å². The van der Waals surface area contributed by atoms with Crippen molar-refractivity contribution in [3.8, 4) is 0 Å². The van der Waals surface area contributed by atoms with Gasteiger partial charge in [-0.15, -0.1) is 0 Å². The summed E-state index contributed by atoms with van der Waals surface area (Å²) in [7, 11) is 0. The predicted molar refractivity (Wildman–Crippen MR) is 86.2 cm³/mol. The van der Waals surface area contributed by atoms with Gasteiger partial charge in [0, 0.05) is 29.7 Å². The zero-order chi connectivity index (χ0) is 15.2. The van der Waals surface area contributed by atoms with Crippen molar-refractivity contribution in [1.82, 2.24) is 15.5 Å². The molecule has 0 aromatic heterocycles. The zero-order valence-electron chi connectivity index (χ0n) is 14.2. The van der Waals surface area contributed by atoms with Crippen molar-refractivity contribution >= 4 is 0 Å². The summed E-state index contributed by atoms with van der Waals surface area (Å²) < 4.78 is 0. The summed E-state index contributed by atoms with van der Waals surface area (Å²) in [6.45, 7) is 17.2. The maximum atomic E-state index is 3.79. The van der Waals surface area contributed by atoms with E-state index in [9.17, 15) is 0 Å². The Morgan fingerprint density at radius 1 is 1.20 bits per heavy atom. The first-order valence-corrected chi connectivity index (χ1v) is 7.83. The third-order valence-corrected chi connectivity index (χ3v) is 5.57. The Bertz CT molecular complexity index is 432. The number of allylic oxidation sites excluding steroid dienone is 1. The van der Waals surface area contributed by atoms with Crippen molar-refractivity contribution in [2.75, 3.05) is 6.54 Å². The highest BCUT2D eigenvalue weighted by molar-refractivity contribution is 5.33. The monoisotopic (exact) mass is 277 g/mol. The van der Waals surface area contributed by atoms with E-state index in [1.807, 2.05) is 0 Å². The van der Waals surface area contributed by atoms with Gasteiger partial charge in [0.1, 0.15) is 0 Å². The predicted octanol–water partition coefficient (Wildman–Crippen LogP) is 3.21. The van der Waals surface area contributed by atoms with Crippen LogP contribution in [0.2, 0.25) is 0 Å². The van der Waals surface area contributed by atoms with Crippen molar-refractivity contribution in [3.05, 3.63) is 24.0 Å². The molecule has 0 aromatic rings. The smallest absolute Gasteiger partial charge is 0.0961 e. The molecule has 2 aliphatic rings. The molecule has 3 heteroatoms. The Kier molecular flexibility index (Phi) is 3.70. The molecule has 1 unspecified atom stereocenters. The summed E-state index contributed by atoms with van der Waals surface area (Å²) in [6.07, 6.45) is 7.78. The highest BCUT2D eigenvalue weighted by atomic mass is 15.5. The fourth-order valence-electron chi connectivity index (χ4n) is 3.78. The molecular formula is C17H31N3. The minimum absolute atomic E-state index is 0.0349. The third kappa shape index (κ3) is 1.98. The Balaban J connectivity index is 2.40. The third-order valence-electron chi connectivity index (χ3n) is 5.57. The van der Waals surface area contributed by atoms with Gasteiger partial charge in [-0.3, -0.25) is 5.32 Å². The quantitative estimate of drug-likeness (QED) is 0.829. The molecule has 0 amide bonds. The number of rotatable bonds is 3. The number of nitrogens with one attached hydrogen (secondary N) is 2. The lowest BCUT2D eigenvalue weighted by Gasteiger charge is -2.75. The second-order valence-corrected chi connectivity index (χ2v) is 7.61. The Morgan fingerprint density at radius 3 is 2.45 bits per heavy atom. The molecule has 1 saturated heterocycles. The highest BCUT2D eigenvalue weighted by Crippen LogP contribution is 2.59. The van der Waals surface area contributed by atoms with Crippen molar-refractivity contribution < 1.29 is 0 Å². The molecule has 2 aliphatic heterocycles. The molecule has 2 heterocycles. The van der Waals surface area contributed by atoms with Gasteiger partial charge >= 0.3 is 0 Å². The van der Waals surface area contributed by atoms with E-state index in [1.165, 1.54) is 5.70 Å². The minimum atomic E-state index is -0.0349. The van der Waals surface area contributed by atoms with Gasteiger partial charge in [-0.25, -0.2) is 0 Å². The number of hydrogen-bond donors (Lipinski definition) is 2. The zero-order valence-corrected chi connectivity index (χ0v) is 14.2. The van der Waals surface area contributed by atoms with Crippen LogP contribution < -0.4 is 10.6 Å². The number of hydrogen-bond acceptors (Lipinski definition) is 3. The standard InChI is InChI=1S/C17H31N3/c1-13(2)19-17(7)15(3,4)16(5,6)20(17)14-10-8-9-11-18-12-14/h8,10,12-13,18-19H,9,11H2,1-7H3. The van der Waals surface area contributed by atoms with E-state index in [0.717, 1.165) is 13.0 Å². The van der Waals surface area contributed by atoms with Crippen molar-refractivity contribution in [1.29, 1.82) is 0 Å². The van der Waals surface area contributed by atoms with E-state index in [1.54, 1.807) is 0 Å². The highest BCUT2D eigenvalue weighted by Gasteiger charge is 2.68. The second kappa shape index (κ2) is 4.80. The van der Waals surface area contributed by atoms with Crippen LogP contribution in [-0.4, -0.2) is 28.7 Å². The summed E-state index contributed by atoms with van der Waals surface area (Å²) in [5.41, 5.74) is 1.55. The van der Waals surface area contributed by atoms with E-state index in [0.29, 0.717) is 6.04 Å². The van der Waals surface area contributed by atoms with Crippen LogP contribution in [0.1, 0.15) is 54.9 Å². The van der Waals surface area contributed by atoms with Gasteiger partial charge in [-0.2, -0.15) is 0 Å². The van der Waals surface area contributed by atoms with E-state index >= 15 is 0 Å². The molecule has 0 spiro atoms. The molecule has 3 nitrogen and oxygen atoms in total. The van der Waals surface area contributed by atoms with Crippen LogP contribution in [0.25, 0.3) is 0 Å². The van der Waals surface area contributed by atoms with Gasteiger partial charge in [-0.05, 0) is 47.1 Å². The Labute approximate surface area is 124 Å². The number of nitrogens with zero attached hydrogens (tertiary/aromatic N) is 1. The van der Waals surface area contributed by atoms with E-state index in [2.05, 4.69) is 82.4 Å². The molecule has 1 atom stereocenters. The average Bonchev–Trinajstić information content (AvgIpc) is 2.55. The maximum Gasteiger partial charge on any atom is 0.0961 e. The molecule has 0 bridgehead atoms. The molecule has 2 rings (SSSR count). The van der Waals surface area contributed by atoms with Crippen LogP contribution >= 0.6 is 0 Å². The molecule has 2 N–H and O–H groups in total. The van der Waals surface area contributed by atoms with Crippen molar-refractivity contribution in [2.45, 2.75) is 72.1 Å².